The summed E-state index contributed by atoms with van der Waals surface area (Å²) in [4.78, 5) is 15.1. The van der Waals surface area contributed by atoms with E-state index in [2.05, 4.69) is 29.4 Å². The molecule has 118 valence electrons. The van der Waals surface area contributed by atoms with Crippen LogP contribution in [0.15, 0.2) is 24.3 Å². The molecule has 0 aliphatic carbocycles. The fourth-order valence-corrected chi connectivity index (χ4v) is 2.86. The van der Waals surface area contributed by atoms with Crippen LogP contribution in [0.25, 0.3) is 0 Å². The van der Waals surface area contributed by atoms with E-state index in [9.17, 15) is 9.90 Å². The first-order valence-corrected chi connectivity index (χ1v) is 8.06. The number of nitrogens with one attached hydrogen (secondary N) is 1. The second-order valence-corrected chi connectivity index (χ2v) is 5.89. The number of carboxylic acid groups (broad SMARTS) is 1. The lowest BCUT2D eigenvalue weighted by molar-refractivity contribution is -0.254. The van der Waals surface area contributed by atoms with E-state index in [0.29, 0.717) is 24.0 Å². The summed E-state index contributed by atoms with van der Waals surface area (Å²) in [5.41, 5.74) is 1.78. The Kier molecular flexibility index (Phi) is 5.77. The molecule has 2 aromatic rings. The molecular formula is C16H19N2O3S-. The first-order valence-electron chi connectivity index (χ1n) is 7.24. The molecule has 6 heteroatoms. The Morgan fingerprint density at radius 1 is 1.36 bits per heavy atom. The number of aromatic nitrogens is 1. The van der Waals surface area contributed by atoms with E-state index >= 15 is 0 Å². The standard InChI is InChI=1S/C16H20N2O3S/c1-3-4-12-5-7-13(8-6-12)21-10-9-17-16-18-11(2)14(22-16)15(19)20/h5-8H,3-4,9-10H2,1-2H3,(H,17,18)(H,19,20)/p-1. The van der Waals surface area contributed by atoms with Crippen molar-refractivity contribution in [2.75, 3.05) is 18.5 Å². The van der Waals surface area contributed by atoms with Gasteiger partial charge in [-0.3, -0.25) is 0 Å². The maximum Gasteiger partial charge on any atom is 0.183 e. The van der Waals surface area contributed by atoms with Crippen LogP contribution < -0.4 is 15.2 Å². The van der Waals surface area contributed by atoms with Gasteiger partial charge in [0.2, 0.25) is 0 Å². The summed E-state index contributed by atoms with van der Waals surface area (Å²) < 4.78 is 5.63. The molecule has 0 spiro atoms. The molecule has 1 aromatic heterocycles. The number of benzene rings is 1. The Morgan fingerprint density at radius 2 is 2.09 bits per heavy atom. The third-order valence-corrected chi connectivity index (χ3v) is 4.19. The molecule has 0 aliphatic rings. The van der Waals surface area contributed by atoms with Crippen molar-refractivity contribution >= 4 is 22.4 Å². The van der Waals surface area contributed by atoms with Crippen LogP contribution in [0.3, 0.4) is 0 Å². The highest BCUT2D eigenvalue weighted by molar-refractivity contribution is 7.17. The topological polar surface area (TPSA) is 74.3 Å². The summed E-state index contributed by atoms with van der Waals surface area (Å²) in [5.74, 6) is -0.362. The molecule has 0 atom stereocenters. The molecule has 0 radical (unpaired) electrons. The van der Waals surface area contributed by atoms with E-state index < -0.39 is 5.97 Å². The van der Waals surface area contributed by atoms with Crippen molar-refractivity contribution in [1.82, 2.24) is 4.98 Å². The number of carbonyl (C=O) groups excluding carboxylic acids is 1. The van der Waals surface area contributed by atoms with Crippen LogP contribution in [0, 0.1) is 6.92 Å². The number of ether oxygens (including phenoxy) is 1. The van der Waals surface area contributed by atoms with Crippen LogP contribution in [0.2, 0.25) is 0 Å². The van der Waals surface area contributed by atoms with E-state index in [1.165, 1.54) is 5.56 Å². The van der Waals surface area contributed by atoms with Gasteiger partial charge in [-0.05, 0) is 31.0 Å². The normalized spacial score (nSPS) is 10.5. The lowest BCUT2D eigenvalue weighted by atomic mass is 10.1. The lowest BCUT2D eigenvalue weighted by Gasteiger charge is -2.07. The van der Waals surface area contributed by atoms with Crippen molar-refractivity contribution in [2.24, 2.45) is 0 Å². The molecule has 0 aliphatic heterocycles. The van der Waals surface area contributed by atoms with Gasteiger partial charge >= 0.3 is 0 Å². The summed E-state index contributed by atoms with van der Waals surface area (Å²) >= 11 is 1.08. The van der Waals surface area contributed by atoms with Gasteiger partial charge in [-0.1, -0.05) is 36.8 Å². The van der Waals surface area contributed by atoms with Crippen molar-refractivity contribution in [3.05, 3.63) is 40.4 Å². The monoisotopic (exact) mass is 319 g/mol. The van der Waals surface area contributed by atoms with Crippen molar-refractivity contribution < 1.29 is 14.6 Å². The van der Waals surface area contributed by atoms with E-state index in [1.807, 2.05) is 12.1 Å². The molecule has 0 bridgehead atoms. The van der Waals surface area contributed by atoms with Crippen LogP contribution in [-0.4, -0.2) is 24.1 Å². The number of thiazole rings is 1. The Hall–Kier alpha value is -2.08. The fraction of sp³-hybridized carbons (Fsp3) is 0.375. The van der Waals surface area contributed by atoms with Crippen molar-refractivity contribution in [3.8, 4) is 5.75 Å². The van der Waals surface area contributed by atoms with Gasteiger partial charge in [0.1, 0.15) is 12.4 Å². The van der Waals surface area contributed by atoms with Gasteiger partial charge < -0.3 is 20.0 Å². The number of carbonyl (C=O) groups is 1. The van der Waals surface area contributed by atoms with Crippen LogP contribution in [0.5, 0.6) is 5.75 Å². The fourth-order valence-electron chi connectivity index (χ4n) is 2.03. The molecule has 0 saturated carbocycles. The number of anilines is 1. The minimum Gasteiger partial charge on any atom is -0.544 e. The Balaban J connectivity index is 1.77. The van der Waals surface area contributed by atoms with Crippen LogP contribution in [-0.2, 0) is 6.42 Å². The highest BCUT2D eigenvalue weighted by Gasteiger charge is 2.07. The number of hydrogen-bond acceptors (Lipinski definition) is 6. The minimum absolute atomic E-state index is 0.162. The molecule has 0 fully saturated rings. The van der Waals surface area contributed by atoms with E-state index in [0.717, 1.165) is 29.9 Å². The number of carboxylic acids is 1. The Morgan fingerprint density at radius 3 is 2.68 bits per heavy atom. The van der Waals surface area contributed by atoms with Gasteiger partial charge in [0.25, 0.3) is 0 Å². The predicted molar refractivity (Wildman–Crippen MR) is 85.6 cm³/mol. The molecule has 22 heavy (non-hydrogen) atoms. The average molecular weight is 319 g/mol. The molecule has 1 aromatic carbocycles. The maximum atomic E-state index is 10.8. The first kappa shape index (κ1) is 16.3. The molecule has 0 amide bonds. The molecule has 5 nitrogen and oxygen atoms in total. The molecule has 1 N–H and O–H groups in total. The highest BCUT2D eigenvalue weighted by atomic mass is 32.1. The zero-order valence-corrected chi connectivity index (χ0v) is 13.5. The first-order chi connectivity index (χ1) is 10.6. The van der Waals surface area contributed by atoms with Gasteiger partial charge in [-0.15, -0.1) is 0 Å². The van der Waals surface area contributed by atoms with Gasteiger partial charge in [0.15, 0.2) is 5.13 Å². The van der Waals surface area contributed by atoms with Gasteiger partial charge in [0, 0.05) is 0 Å². The summed E-state index contributed by atoms with van der Waals surface area (Å²) in [6.45, 7) is 4.84. The molecule has 1 heterocycles. The number of aryl methyl sites for hydroxylation is 2. The van der Waals surface area contributed by atoms with Crippen molar-refractivity contribution in [2.45, 2.75) is 26.7 Å². The lowest BCUT2D eigenvalue weighted by Crippen LogP contribution is -2.21. The summed E-state index contributed by atoms with van der Waals surface area (Å²) in [7, 11) is 0. The van der Waals surface area contributed by atoms with E-state index in [1.54, 1.807) is 6.92 Å². The second-order valence-electron chi connectivity index (χ2n) is 4.89. The highest BCUT2D eigenvalue weighted by Crippen LogP contribution is 2.21. The number of nitrogens with zero attached hydrogens (tertiary/aromatic N) is 1. The summed E-state index contributed by atoms with van der Waals surface area (Å²) in [6.07, 6.45) is 2.21. The summed E-state index contributed by atoms with van der Waals surface area (Å²) in [6, 6.07) is 8.07. The zero-order valence-electron chi connectivity index (χ0n) is 12.7. The van der Waals surface area contributed by atoms with Crippen molar-refractivity contribution in [3.63, 3.8) is 0 Å². The van der Waals surface area contributed by atoms with Crippen LogP contribution in [0.4, 0.5) is 5.13 Å². The Bertz CT molecular complexity index is 623. The van der Waals surface area contributed by atoms with Gasteiger partial charge in [-0.2, -0.15) is 0 Å². The molecular weight excluding hydrogens is 300 g/mol. The minimum atomic E-state index is -1.19. The third kappa shape index (κ3) is 4.46. The SMILES string of the molecule is CCCc1ccc(OCCNc2nc(C)c(C(=O)[O-])s2)cc1. The molecule has 0 unspecified atom stereocenters. The van der Waals surface area contributed by atoms with E-state index in [4.69, 9.17) is 4.74 Å². The third-order valence-electron chi connectivity index (χ3n) is 3.09. The smallest absolute Gasteiger partial charge is 0.183 e. The molecule has 0 saturated heterocycles. The number of aromatic carboxylic acids is 1. The largest absolute Gasteiger partial charge is 0.544 e. The summed E-state index contributed by atoms with van der Waals surface area (Å²) in [5, 5.41) is 14.5. The number of rotatable bonds is 8. The average Bonchev–Trinajstić information content (AvgIpc) is 2.87. The zero-order chi connectivity index (χ0) is 15.9. The quantitative estimate of drug-likeness (QED) is 0.755. The van der Waals surface area contributed by atoms with Crippen LogP contribution in [0.1, 0.15) is 34.3 Å². The molecule has 2 rings (SSSR count). The van der Waals surface area contributed by atoms with Crippen molar-refractivity contribution in [1.29, 1.82) is 0 Å². The Labute approximate surface area is 134 Å². The van der Waals surface area contributed by atoms with E-state index in [-0.39, 0.29) is 4.88 Å². The van der Waals surface area contributed by atoms with Crippen LogP contribution >= 0.6 is 11.3 Å². The maximum absolute atomic E-state index is 10.8. The second kappa shape index (κ2) is 7.79. The van der Waals surface area contributed by atoms with Gasteiger partial charge in [-0.25, -0.2) is 4.98 Å². The number of hydrogen-bond donors (Lipinski definition) is 1. The predicted octanol–water partition coefficient (Wildman–Crippen LogP) is 2.26. The van der Waals surface area contributed by atoms with Gasteiger partial charge in [0.05, 0.1) is 23.1 Å².